The van der Waals surface area contributed by atoms with Gasteiger partial charge < -0.3 is 14.9 Å². The Kier molecular flexibility index (Phi) is 7.25. The molecule has 1 rings (SSSR count). The van der Waals surface area contributed by atoms with E-state index in [0.29, 0.717) is 0 Å². The molecule has 0 amide bonds. The van der Waals surface area contributed by atoms with Crippen molar-refractivity contribution < 1.29 is 24.5 Å². The van der Waals surface area contributed by atoms with Gasteiger partial charge in [0.15, 0.2) is 6.10 Å². The third-order valence-corrected chi connectivity index (χ3v) is 3.69. The lowest BCUT2D eigenvalue weighted by Crippen LogP contribution is -2.30. The van der Waals surface area contributed by atoms with E-state index in [4.69, 9.17) is 14.9 Å². The van der Waals surface area contributed by atoms with Gasteiger partial charge in [0.2, 0.25) is 0 Å². The van der Waals surface area contributed by atoms with Gasteiger partial charge in [-0.2, -0.15) is 0 Å². The standard InChI is InChI=1S/C15H20O5S/c1-2-11(10-6-4-3-5-7-10)15(21)20-12(14(18)19)8-9-13(16)17/h3-7,11-12,15,21H,2,8-9H2,1H3,(H,16,17)(H,18,19). The molecule has 0 fully saturated rings. The Balaban J connectivity index is 2.72. The number of ether oxygens (including phenoxy) is 1. The highest BCUT2D eigenvalue weighted by Gasteiger charge is 2.27. The van der Waals surface area contributed by atoms with Crippen molar-refractivity contribution in [1.29, 1.82) is 0 Å². The minimum atomic E-state index is -1.17. The quantitative estimate of drug-likeness (QED) is 0.482. The van der Waals surface area contributed by atoms with E-state index in [1.165, 1.54) is 0 Å². The van der Waals surface area contributed by atoms with Gasteiger partial charge in [0.25, 0.3) is 0 Å². The number of rotatable bonds is 9. The van der Waals surface area contributed by atoms with Crippen molar-refractivity contribution in [2.24, 2.45) is 0 Å². The molecule has 0 aromatic heterocycles. The summed E-state index contributed by atoms with van der Waals surface area (Å²) in [7, 11) is 0. The zero-order chi connectivity index (χ0) is 15.8. The Morgan fingerprint density at radius 1 is 1.24 bits per heavy atom. The third kappa shape index (κ3) is 5.77. The van der Waals surface area contributed by atoms with E-state index in [9.17, 15) is 9.59 Å². The number of thiol groups is 1. The minimum absolute atomic E-state index is 0.0544. The summed E-state index contributed by atoms with van der Waals surface area (Å²) in [4.78, 5) is 21.7. The van der Waals surface area contributed by atoms with Gasteiger partial charge in [0.05, 0.1) is 0 Å². The van der Waals surface area contributed by atoms with Crippen molar-refractivity contribution in [1.82, 2.24) is 0 Å². The van der Waals surface area contributed by atoms with E-state index in [0.717, 1.165) is 12.0 Å². The van der Waals surface area contributed by atoms with Gasteiger partial charge in [0.1, 0.15) is 5.44 Å². The van der Waals surface area contributed by atoms with Gasteiger partial charge in [-0.1, -0.05) is 37.3 Å². The second-order valence-electron chi connectivity index (χ2n) is 4.71. The molecule has 0 bridgehead atoms. The molecule has 3 atom stereocenters. The van der Waals surface area contributed by atoms with Crippen LogP contribution in [0.15, 0.2) is 30.3 Å². The summed E-state index contributed by atoms with van der Waals surface area (Å²) in [6, 6.07) is 9.58. The number of carboxylic acids is 2. The summed E-state index contributed by atoms with van der Waals surface area (Å²) in [6.07, 6.45) is -0.753. The number of carbonyl (C=O) groups is 2. The van der Waals surface area contributed by atoms with Crippen LogP contribution in [0.25, 0.3) is 0 Å². The Hall–Kier alpha value is -1.53. The average molecular weight is 312 g/mol. The van der Waals surface area contributed by atoms with Crippen molar-refractivity contribution in [2.45, 2.75) is 43.6 Å². The monoisotopic (exact) mass is 312 g/mol. The fourth-order valence-corrected chi connectivity index (χ4v) is 2.60. The third-order valence-electron chi connectivity index (χ3n) is 3.21. The zero-order valence-electron chi connectivity index (χ0n) is 11.8. The van der Waals surface area contributed by atoms with Crippen molar-refractivity contribution in [3.05, 3.63) is 35.9 Å². The van der Waals surface area contributed by atoms with Crippen LogP contribution < -0.4 is 0 Å². The first-order chi connectivity index (χ1) is 9.95. The summed E-state index contributed by atoms with van der Waals surface area (Å²) in [5, 5.41) is 17.8. The van der Waals surface area contributed by atoms with E-state index in [1.807, 2.05) is 37.3 Å². The Morgan fingerprint density at radius 2 is 1.86 bits per heavy atom. The van der Waals surface area contributed by atoms with Gasteiger partial charge >= 0.3 is 11.9 Å². The number of hydrogen-bond donors (Lipinski definition) is 3. The van der Waals surface area contributed by atoms with Crippen LogP contribution >= 0.6 is 12.6 Å². The molecule has 0 saturated carbocycles. The fraction of sp³-hybridized carbons (Fsp3) is 0.467. The highest BCUT2D eigenvalue weighted by atomic mass is 32.1. The van der Waals surface area contributed by atoms with Gasteiger partial charge in [-0.3, -0.25) is 4.79 Å². The van der Waals surface area contributed by atoms with Gasteiger partial charge in [-0.05, 0) is 18.4 Å². The summed E-state index contributed by atoms with van der Waals surface area (Å²) >= 11 is 4.36. The molecular weight excluding hydrogens is 292 g/mol. The van der Waals surface area contributed by atoms with Crippen molar-refractivity contribution >= 4 is 24.6 Å². The Bertz CT molecular complexity index is 462. The molecule has 1 aromatic carbocycles. The van der Waals surface area contributed by atoms with Crippen LogP contribution in [-0.2, 0) is 14.3 Å². The molecule has 0 aliphatic rings. The molecular formula is C15H20O5S. The van der Waals surface area contributed by atoms with Gasteiger partial charge in [0, 0.05) is 12.3 Å². The molecule has 1 aromatic rings. The molecule has 0 heterocycles. The summed E-state index contributed by atoms with van der Waals surface area (Å²) in [5.41, 5.74) is 0.412. The second kappa shape index (κ2) is 8.69. The zero-order valence-corrected chi connectivity index (χ0v) is 12.7. The predicted octanol–water partition coefficient (Wildman–Crippen LogP) is 2.77. The SMILES string of the molecule is CCC(c1ccccc1)C(S)OC(CCC(=O)O)C(=O)O. The molecule has 116 valence electrons. The van der Waals surface area contributed by atoms with E-state index >= 15 is 0 Å². The minimum Gasteiger partial charge on any atom is -0.481 e. The molecule has 6 heteroatoms. The van der Waals surface area contributed by atoms with Crippen LogP contribution in [0, 0.1) is 0 Å². The van der Waals surface area contributed by atoms with Gasteiger partial charge in [-0.25, -0.2) is 4.79 Å². The van der Waals surface area contributed by atoms with Crippen LogP contribution in [-0.4, -0.2) is 33.7 Å². The second-order valence-corrected chi connectivity index (χ2v) is 5.22. The number of carboxylic acid groups (broad SMARTS) is 2. The molecule has 0 radical (unpaired) electrons. The van der Waals surface area contributed by atoms with E-state index < -0.39 is 23.5 Å². The van der Waals surface area contributed by atoms with E-state index in [2.05, 4.69) is 12.6 Å². The molecule has 0 aliphatic carbocycles. The molecule has 0 saturated heterocycles. The molecule has 21 heavy (non-hydrogen) atoms. The lowest BCUT2D eigenvalue weighted by molar-refractivity contribution is -0.153. The molecule has 0 aliphatic heterocycles. The van der Waals surface area contributed by atoms with Gasteiger partial charge in [-0.15, -0.1) is 12.6 Å². The molecule has 3 unspecified atom stereocenters. The van der Waals surface area contributed by atoms with Crippen molar-refractivity contribution in [3.8, 4) is 0 Å². The smallest absolute Gasteiger partial charge is 0.332 e. The number of hydrogen-bond acceptors (Lipinski definition) is 4. The summed E-state index contributed by atoms with van der Waals surface area (Å²) < 4.78 is 5.47. The largest absolute Gasteiger partial charge is 0.481 e. The maximum atomic E-state index is 11.1. The lowest BCUT2D eigenvalue weighted by Gasteiger charge is -2.25. The molecule has 0 spiro atoms. The topological polar surface area (TPSA) is 83.8 Å². The molecule has 5 nitrogen and oxygen atoms in total. The predicted molar refractivity (Wildman–Crippen MR) is 81.6 cm³/mol. The van der Waals surface area contributed by atoms with E-state index in [1.54, 1.807) is 0 Å². The highest BCUT2D eigenvalue weighted by molar-refractivity contribution is 7.80. The number of aliphatic carboxylic acids is 2. The maximum Gasteiger partial charge on any atom is 0.332 e. The maximum absolute atomic E-state index is 11.1. The van der Waals surface area contributed by atoms with Crippen LogP contribution in [0.3, 0.4) is 0 Å². The normalized spacial score (nSPS) is 15.1. The summed E-state index contributed by atoms with van der Waals surface area (Å²) in [6.45, 7) is 1.97. The van der Waals surface area contributed by atoms with Crippen molar-refractivity contribution in [2.75, 3.05) is 0 Å². The highest BCUT2D eigenvalue weighted by Crippen LogP contribution is 2.29. The van der Waals surface area contributed by atoms with Crippen LogP contribution in [0.5, 0.6) is 0 Å². The Morgan fingerprint density at radius 3 is 2.33 bits per heavy atom. The first kappa shape index (κ1) is 17.5. The average Bonchev–Trinajstić information content (AvgIpc) is 2.44. The number of benzene rings is 1. The first-order valence-corrected chi connectivity index (χ1v) is 7.30. The summed E-state index contributed by atoms with van der Waals surface area (Å²) in [5.74, 6) is -2.27. The first-order valence-electron chi connectivity index (χ1n) is 6.78. The Labute approximate surface area is 129 Å². The van der Waals surface area contributed by atoms with Crippen molar-refractivity contribution in [3.63, 3.8) is 0 Å². The van der Waals surface area contributed by atoms with E-state index in [-0.39, 0.29) is 18.8 Å². The van der Waals surface area contributed by atoms with Crippen LogP contribution in [0.4, 0.5) is 0 Å². The lowest BCUT2D eigenvalue weighted by atomic mass is 9.97. The fourth-order valence-electron chi connectivity index (χ4n) is 2.07. The van der Waals surface area contributed by atoms with Crippen LogP contribution in [0.1, 0.15) is 37.7 Å². The molecule has 2 N–H and O–H groups in total. The van der Waals surface area contributed by atoms with Crippen LogP contribution in [0.2, 0.25) is 0 Å².